The first-order chi connectivity index (χ1) is 27.5. The van der Waals surface area contributed by atoms with E-state index in [4.69, 9.17) is 33.2 Å². The molecule has 0 amide bonds. The number of likely N-dealkylation sites (N-methyl/N-ethyl adjacent to an activating group) is 1. The van der Waals surface area contributed by atoms with Crippen molar-refractivity contribution in [2.75, 3.05) is 21.2 Å². The summed E-state index contributed by atoms with van der Waals surface area (Å²) in [6.45, 7) is 6.95. The fourth-order valence-corrected chi connectivity index (χ4v) is 9.27. The predicted octanol–water partition coefficient (Wildman–Crippen LogP) is 3.16. The summed E-state index contributed by atoms with van der Waals surface area (Å²) in [6.07, 6.45) is -6.64. The number of hydrogen-bond acceptors (Lipinski definition) is 16. The summed E-state index contributed by atoms with van der Waals surface area (Å²) in [4.78, 5) is 55.0. The first-order valence-electron chi connectivity index (χ1n) is 19.9. The van der Waals surface area contributed by atoms with Crippen LogP contribution in [0.3, 0.4) is 0 Å². The Kier molecular flexibility index (Phi) is 11.9. The van der Waals surface area contributed by atoms with Gasteiger partial charge in [-0.05, 0) is 59.0 Å². The number of aliphatic hydroxyl groups is 2. The lowest BCUT2D eigenvalue weighted by atomic mass is 9.67. The van der Waals surface area contributed by atoms with Gasteiger partial charge in [0.15, 0.2) is 30.4 Å². The fraction of sp³-hybridized carbons (Fsp3) is 0.619. The summed E-state index contributed by atoms with van der Waals surface area (Å²) in [5, 5.41) is 45.9. The molecule has 7 rings (SSSR count). The Bertz CT molecular complexity index is 1940. The van der Waals surface area contributed by atoms with Crippen LogP contribution in [-0.4, -0.2) is 137 Å². The highest BCUT2D eigenvalue weighted by molar-refractivity contribution is 6.30. The Morgan fingerprint density at radius 2 is 1.57 bits per heavy atom. The van der Waals surface area contributed by atoms with E-state index in [9.17, 15) is 39.6 Å². The Balaban J connectivity index is 1.13. The van der Waals surface area contributed by atoms with Gasteiger partial charge in [-0.1, -0.05) is 19.1 Å². The maximum absolute atomic E-state index is 13.9. The number of ketones is 3. The molecule has 0 aromatic heterocycles. The summed E-state index contributed by atoms with van der Waals surface area (Å²) in [6, 6.07) is 5.11. The third kappa shape index (κ3) is 7.47. The number of benzene rings is 2. The molecule has 316 valence electrons. The number of phenols is 2. The standard InChI is InChI=1S/C42H53NO15/c1-8-42(51)17-28(33-22(35(42)41(50)52-7)14-23-34(38(33)49)37(48)32-21(36(23)47)10-9-11-26(32)45)56-30-15-24(43(5)6)39(19(3)54-30)58-31-16-27(46)40(20(4)55-31)57-29-13-12-25(44)18(2)53-29/h9-11,14,18-20,24,27-31,35,39-40,45-46,49,51H,8,12-13,15-17H2,1-7H3/t18-,19-,20-,24-,27-,28+,29-,30-,31-,35?,39+,40+,42-/m1/s1. The highest BCUT2D eigenvalue weighted by atomic mass is 16.7. The van der Waals surface area contributed by atoms with Gasteiger partial charge in [0.1, 0.15) is 35.7 Å². The number of carbonyl (C=O) groups excluding carboxylic acids is 4. The van der Waals surface area contributed by atoms with E-state index in [0.29, 0.717) is 12.8 Å². The van der Waals surface area contributed by atoms with Crippen molar-refractivity contribution >= 4 is 23.3 Å². The molecule has 0 spiro atoms. The largest absolute Gasteiger partial charge is 0.507 e. The predicted molar refractivity (Wildman–Crippen MR) is 201 cm³/mol. The van der Waals surface area contributed by atoms with E-state index in [1.807, 2.05) is 19.0 Å². The van der Waals surface area contributed by atoms with Crippen molar-refractivity contribution in [1.82, 2.24) is 4.90 Å². The Morgan fingerprint density at radius 3 is 2.21 bits per heavy atom. The molecule has 16 heteroatoms. The molecule has 1 unspecified atom stereocenters. The second-order valence-corrected chi connectivity index (χ2v) is 16.3. The number of carbonyl (C=O) groups is 4. The molecule has 4 N–H and O–H groups in total. The van der Waals surface area contributed by atoms with Crippen LogP contribution in [0, 0.1) is 0 Å². The summed E-state index contributed by atoms with van der Waals surface area (Å²) in [5.74, 6) is -4.59. The zero-order valence-corrected chi connectivity index (χ0v) is 33.7. The number of rotatable bonds is 9. The minimum absolute atomic E-state index is 0.00573. The molecule has 3 saturated heterocycles. The number of phenolic OH excluding ortho intramolecular Hbond substituents is 2. The molecule has 3 heterocycles. The fourth-order valence-electron chi connectivity index (χ4n) is 9.27. The number of aromatic hydroxyl groups is 2. The van der Waals surface area contributed by atoms with Gasteiger partial charge in [-0.15, -0.1) is 0 Å². The second kappa shape index (κ2) is 16.3. The van der Waals surface area contributed by atoms with Crippen LogP contribution in [0.4, 0.5) is 0 Å². The van der Waals surface area contributed by atoms with Crippen molar-refractivity contribution in [3.63, 3.8) is 0 Å². The normalized spacial score (nSPS) is 36.3. The number of ether oxygens (including phenoxy) is 7. The molecular weight excluding hydrogens is 758 g/mol. The van der Waals surface area contributed by atoms with Crippen LogP contribution in [0.15, 0.2) is 24.3 Å². The van der Waals surface area contributed by atoms with Crippen LogP contribution in [-0.2, 0) is 42.7 Å². The first-order valence-corrected chi connectivity index (χ1v) is 19.9. The summed E-state index contributed by atoms with van der Waals surface area (Å²) >= 11 is 0. The van der Waals surface area contributed by atoms with Crippen molar-refractivity contribution in [3.05, 3.63) is 57.6 Å². The first kappa shape index (κ1) is 42.3. The van der Waals surface area contributed by atoms with Gasteiger partial charge in [0.2, 0.25) is 5.78 Å². The topological polar surface area (TPSA) is 217 Å². The van der Waals surface area contributed by atoms with E-state index in [1.54, 1.807) is 27.7 Å². The second-order valence-electron chi connectivity index (χ2n) is 16.3. The van der Waals surface area contributed by atoms with Gasteiger partial charge in [-0.2, -0.15) is 0 Å². The van der Waals surface area contributed by atoms with Crippen molar-refractivity contribution in [1.29, 1.82) is 0 Å². The van der Waals surface area contributed by atoms with E-state index in [0.717, 1.165) is 0 Å². The van der Waals surface area contributed by atoms with Crippen LogP contribution in [0.2, 0.25) is 0 Å². The number of nitrogens with zero attached hydrogens (tertiary/aromatic N) is 1. The van der Waals surface area contributed by atoms with Gasteiger partial charge in [-0.3, -0.25) is 19.2 Å². The van der Waals surface area contributed by atoms with E-state index in [1.165, 1.54) is 31.4 Å². The van der Waals surface area contributed by atoms with E-state index in [-0.39, 0.29) is 70.9 Å². The number of aliphatic hydroxyl groups excluding tert-OH is 1. The van der Waals surface area contributed by atoms with Crippen LogP contribution in [0.25, 0.3) is 0 Å². The highest BCUT2D eigenvalue weighted by Crippen LogP contribution is 2.54. The van der Waals surface area contributed by atoms with E-state index in [2.05, 4.69) is 0 Å². The Morgan fingerprint density at radius 1 is 0.897 bits per heavy atom. The number of hydrogen-bond donors (Lipinski definition) is 4. The van der Waals surface area contributed by atoms with Crippen molar-refractivity contribution in [2.24, 2.45) is 0 Å². The van der Waals surface area contributed by atoms with Gasteiger partial charge in [0.25, 0.3) is 0 Å². The van der Waals surface area contributed by atoms with Gasteiger partial charge < -0.3 is 58.5 Å². The number of methoxy groups -OCH3 is 1. The zero-order valence-electron chi connectivity index (χ0n) is 33.7. The molecule has 13 atom stereocenters. The lowest BCUT2D eigenvalue weighted by Crippen LogP contribution is -2.58. The maximum atomic E-state index is 13.9. The van der Waals surface area contributed by atoms with Crippen molar-refractivity contribution in [3.8, 4) is 11.5 Å². The molecule has 2 aliphatic carbocycles. The minimum atomic E-state index is -1.76. The Hall–Kier alpha value is -3.84. The SMILES string of the molecule is CC[C@@]1(O)C[C@H](O[C@@H]2C[C@@H](N(C)C)[C@@H](O[C@@H]3C[C@@H](O)[C@@H](O[C@@H]4CCC(=O)[C@@H](C)O4)[C@@H](C)O3)[C@@H](C)O2)c2c(cc3c(c2O)C(=O)c2c(O)cccc2C3=O)C1C(=O)OC. The molecule has 3 aliphatic heterocycles. The average molecular weight is 812 g/mol. The third-order valence-corrected chi connectivity index (χ3v) is 12.4. The van der Waals surface area contributed by atoms with Crippen LogP contribution in [0.1, 0.15) is 121 Å². The molecule has 0 radical (unpaired) electrons. The minimum Gasteiger partial charge on any atom is -0.507 e. The lowest BCUT2D eigenvalue weighted by molar-refractivity contribution is -0.324. The zero-order chi connectivity index (χ0) is 42.0. The summed E-state index contributed by atoms with van der Waals surface area (Å²) in [5.41, 5.74) is -2.49. The molecule has 5 aliphatic rings. The molecule has 2 aromatic rings. The monoisotopic (exact) mass is 811 g/mol. The summed E-state index contributed by atoms with van der Waals surface area (Å²) in [7, 11) is 4.91. The molecular formula is C42H53NO15. The van der Waals surface area contributed by atoms with Crippen LogP contribution < -0.4 is 0 Å². The molecule has 16 nitrogen and oxygen atoms in total. The third-order valence-electron chi connectivity index (χ3n) is 12.4. The van der Waals surface area contributed by atoms with Gasteiger partial charge >= 0.3 is 5.97 Å². The molecule has 58 heavy (non-hydrogen) atoms. The molecule has 2 aromatic carbocycles. The smallest absolute Gasteiger partial charge is 0.316 e. The van der Waals surface area contributed by atoms with Gasteiger partial charge in [-0.25, -0.2) is 0 Å². The van der Waals surface area contributed by atoms with Crippen molar-refractivity contribution in [2.45, 2.75) is 145 Å². The van der Waals surface area contributed by atoms with Crippen LogP contribution in [0.5, 0.6) is 11.5 Å². The lowest BCUT2D eigenvalue weighted by Gasteiger charge is -2.48. The van der Waals surface area contributed by atoms with Gasteiger partial charge in [0, 0.05) is 54.8 Å². The number of esters is 1. The number of Topliss-reactive ketones (excluding diaryl/α,β-unsaturated/α-hetero) is 1. The number of fused-ring (bicyclic) bond motifs is 3. The van der Waals surface area contributed by atoms with Crippen LogP contribution >= 0.6 is 0 Å². The summed E-state index contributed by atoms with van der Waals surface area (Å²) < 4.78 is 42.6. The van der Waals surface area contributed by atoms with E-state index >= 15 is 0 Å². The highest BCUT2D eigenvalue weighted by Gasteiger charge is 2.53. The Labute approximate surface area is 336 Å². The molecule has 0 bridgehead atoms. The molecule has 3 fully saturated rings. The maximum Gasteiger partial charge on any atom is 0.316 e. The average Bonchev–Trinajstić information content (AvgIpc) is 3.17. The van der Waals surface area contributed by atoms with Gasteiger partial charge in [0.05, 0.1) is 48.3 Å². The molecule has 0 saturated carbocycles. The van der Waals surface area contributed by atoms with Crippen molar-refractivity contribution < 1.29 is 72.8 Å². The van der Waals surface area contributed by atoms with E-state index < -0.39 is 102 Å². The quantitative estimate of drug-likeness (QED) is 0.228.